The molecule has 0 bridgehead atoms. The van der Waals surface area contributed by atoms with Crippen LogP contribution in [0.3, 0.4) is 0 Å². The fourth-order valence-electron chi connectivity index (χ4n) is 2.85. The fourth-order valence-corrected chi connectivity index (χ4v) is 2.85. The molecule has 1 aliphatic heterocycles. The summed E-state index contributed by atoms with van der Waals surface area (Å²) in [6.07, 6.45) is 4.58. The third-order valence-corrected chi connectivity index (χ3v) is 4.06. The molecule has 0 saturated carbocycles. The van der Waals surface area contributed by atoms with E-state index in [0.29, 0.717) is 0 Å². The first-order chi connectivity index (χ1) is 10.2. The Bertz CT molecular complexity index is 635. The maximum atomic E-state index is 4.55. The minimum atomic E-state index is 1.00. The summed E-state index contributed by atoms with van der Waals surface area (Å²) in [5.74, 6) is 0. The SMILES string of the molecule is Cc1ccc(N=Cc2ccc(N3CCCC3)c(C)c2)cc1. The molecule has 1 aliphatic rings. The first kappa shape index (κ1) is 13.9. The lowest BCUT2D eigenvalue weighted by Crippen LogP contribution is -2.18. The van der Waals surface area contributed by atoms with Crippen molar-refractivity contribution in [2.24, 2.45) is 4.99 Å². The Labute approximate surface area is 127 Å². The van der Waals surface area contributed by atoms with Crippen LogP contribution >= 0.6 is 0 Å². The van der Waals surface area contributed by atoms with E-state index in [-0.39, 0.29) is 0 Å². The van der Waals surface area contributed by atoms with Crippen LogP contribution in [0.5, 0.6) is 0 Å². The molecule has 1 fully saturated rings. The highest BCUT2D eigenvalue weighted by atomic mass is 15.1. The number of aliphatic imine (C=N–C) groups is 1. The molecule has 0 aromatic heterocycles. The summed E-state index contributed by atoms with van der Waals surface area (Å²) in [6.45, 7) is 6.67. The zero-order valence-electron chi connectivity index (χ0n) is 12.8. The first-order valence-electron chi connectivity index (χ1n) is 7.69. The van der Waals surface area contributed by atoms with Crippen molar-refractivity contribution in [1.29, 1.82) is 0 Å². The van der Waals surface area contributed by atoms with Crippen molar-refractivity contribution in [1.82, 2.24) is 0 Å². The molecule has 2 aromatic rings. The van der Waals surface area contributed by atoms with E-state index in [0.717, 1.165) is 11.3 Å². The predicted molar refractivity (Wildman–Crippen MR) is 91.1 cm³/mol. The Morgan fingerprint density at radius 1 is 0.952 bits per heavy atom. The minimum absolute atomic E-state index is 1.00. The van der Waals surface area contributed by atoms with E-state index < -0.39 is 0 Å². The van der Waals surface area contributed by atoms with Gasteiger partial charge in [0.05, 0.1) is 5.69 Å². The summed E-state index contributed by atoms with van der Waals surface area (Å²) in [5, 5.41) is 0. The second-order valence-corrected chi connectivity index (χ2v) is 5.83. The van der Waals surface area contributed by atoms with Crippen LogP contribution in [0.4, 0.5) is 11.4 Å². The van der Waals surface area contributed by atoms with Gasteiger partial charge in [0, 0.05) is 25.0 Å². The Morgan fingerprint density at radius 2 is 1.67 bits per heavy atom. The van der Waals surface area contributed by atoms with Gasteiger partial charge in [-0.2, -0.15) is 0 Å². The van der Waals surface area contributed by atoms with Crippen LogP contribution in [-0.2, 0) is 0 Å². The summed E-state index contributed by atoms with van der Waals surface area (Å²) in [5.41, 5.74) is 6.14. The average Bonchev–Trinajstić information content (AvgIpc) is 3.01. The molecular weight excluding hydrogens is 256 g/mol. The van der Waals surface area contributed by atoms with Gasteiger partial charge in [-0.3, -0.25) is 4.99 Å². The summed E-state index contributed by atoms with van der Waals surface area (Å²) in [6, 6.07) is 14.9. The van der Waals surface area contributed by atoms with Crippen LogP contribution in [0.15, 0.2) is 47.5 Å². The number of rotatable bonds is 3. The molecule has 0 aliphatic carbocycles. The predicted octanol–water partition coefficient (Wildman–Crippen LogP) is 4.65. The number of nitrogens with zero attached hydrogens (tertiary/aromatic N) is 2. The van der Waals surface area contributed by atoms with Crippen molar-refractivity contribution in [2.45, 2.75) is 26.7 Å². The molecule has 0 unspecified atom stereocenters. The molecule has 2 nitrogen and oxygen atoms in total. The monoisotopic (exact) mass is 278 g/mol. The van der Waals surface area contributed by atoms with Gasteiger partial charge in [-0.1, -0.05) is 23.8 Å². The highest BCUT2D eigenvalue weighted by molar-refractivity contribution is 5.83. The van der Waals surface area contributed by atoms with E-state index in [1.54, 1.807) is 0 Å². The van der Waals surface area contributed by atoms with Crippen LogP contribution in [0, 0.1) is 13.8 Å². The zero-order chi connectivity index (χ0) is 14.7. The molecular formula is C19H22N2. The Hall–Kier alpha value is -2.09. The van der Waals surface area contributed by atoms with Crippen LogP contribution in [0.2, 0.25) is 0 Å². The second kappa shape index (κ2) is 6.13. The lowest BCUT2D eigenvalue weighted by atomic mass is 10.1. The van der Waals surface area contributed by atoms with Crippen LogP contribution in [-0.4, -0.2) is 19.3 Å². The van der Waals surface area contributed by atoms with E-state index in [1.807, 2.05) is 6.21 Å². The van der Waals surface area contributed by atoms with E-state index in [9.17, 15) is 0 Å². The van der Waals surface area contributed by atoms with Gasteiger partial charge in [-0.15, -0.1) is 0 Å². The van der Waals surface area contributed by atoms with Crippen molar-refractivity contribution in [3.63, 3.8) is 0 Å². The van der Waals surface area contributed by atoms with Crippen molar-refractivity contribution in [2.75, 3.05) is 18.0 Å². The van der Waals surface area contributed by atoms with Crippen molar-refractivity contribution in [3.8, 4) is 0 Å². The lowest BCUT2D eigenvalue weighted by molar-refractivity contribution is 0.949. The van der Waals surface area contributed by atoms with Gasteiger partial charge in [0.2, 0.25) is 0 Å². The van der Waals surface area contributed by atoms with Crippen molar-refractivity contribution >= 4 is 17.6 Å². The van der Waals surface area contributed by atoms with Gasteiger partial charge in [0.25, 0.3) is 0 Å². The highest BCUT2D eigenvalue weighted by Crippen LogP contribution is 2.24. The number of hydrogen-bond acceptors (Lipinski definition) is 2. The van der Waals surface area contributed by atoms with E-state index >= 15 is 0 Å². The zero-order valence-corrected chi connectivity index (χ0v) is 12.8. The van der Waals surface area contributed by atoms with Crippen molar-refractivity contribution < 1.29 is 0 Å². The molecule has 1 heterocycles. The topological polar surface area (TPSA) is 15.6 Å². The number of aryl methyl sites for hydroxylation is 2. The van der Waals surface area contributed by atoms with E-state index in [1.165, 1.54) is 42.7 Å². The number of benzene rings is 2. The highest BCUT2D eigenvalue weighted by Gasteiger charge is 2.13. The molecule has 0 amide bonds. The number of hydrogen-bond donors (Lipinski definition) is 0. The quantitative estimate of drug-likeness (QED) is 0.746. The molecule has 21 heavy (non-hydrogen) atoms. The normalized spacial score (nSPS) is 15.0. The average molecular weight is 278 g/mol. The largest absolute Gasteiger partial charge is 0.371 e. The molecule has 0 N–H and O–H groups in total. The van der Waals surface area contributed by atoms with Crippen molar-refractivity contribution in [3.05, 3.63) is 59.2 Å². The molecule has 108 valence electrons. The molecule has 0 atom stereocenters. The third kappa shape index (κ3) is 3.33. The van der Waals surface area contributed by atoms with Gasteiger partial charge in [0.15, 0.2) is 0 Å². The lowest BCUT2D eigenvalue weighted by Gasteiger charge is -2.20. The molecule has 2 heteroatoms. The Kier molecular flexibility index (Phi) is 4.05. The maximum absolute atomic E-state index is 4.55. The van der Waals surface area contributed by atoms with E-state index in [4.69, 9.17) is 0 Å². The minimum Gasteiger partial charge on any atom is -0.371 e. The second-order valence-electron chi connectivity index (χ2n) is 5.83. The standard InChI is InChI=1S/C19H22N2/c1-15-5-8-18(9-6-15)20-14-17-7-10-19(16(2)13-17)21-11-3-4-12-21/h5-10,13-14H,3-4,11-12H2,1-2H3. The van der Waals surface area contributed by atoms with Gasteiger partial charge in [0.1, 0.15) is 0 Å². The van der Waals surface area contributed by atoms with Gasteiger partial charge < -0.3 is 4.90 Å². The number of anilines is 1. The van der Waals surface area contributed by atoms with Crippen LogP contribution < -0.4 is 4.90 Å². The Morgan fingerprint density at radius 3 is 2.33 bits per heavy atom. The molecule has 0 radical (unpaired) electrons. The molecule has 3 rings (SSSR count). The fraction of sp³-hybridized carbons (Fsp3) is 0.316. The summed E-state index contributed by atoms with van der Waals surface area (Å²) < 4.78 is 0. The summed E-state index contributed by atoms with van der Waals surface area (Å²) in [7, 11) is 0. The Balaban J connectivity index is 1.77. The smallest absolute Gasteiger partial charge is 0.0630 e. The van der Waals surface area contributed by atoms with Gasteiger partial charge >= 0.3 is 0 Å². The van der Waals surface area contributed by atoms with E-state index in [2.05, 4.69) is 66.2 Å². The molecule has 0 spiro atoms. The molecule has 2 aromatic carbocycles. The van der Waals surface area contributed by atoms with Crippen LogP contribution in [0.1, 0.15) is 29.5 Å². The maximum Gasteiger partial charge on any atom is 0.0630 e. The summed E-state index contributed by atoms with van der Waals surface area (Å²) >= 11 is 0. The third-order valence-electron chi connectivity index (χ3n) is 4.06. The molecule has 1 saturated heterocycles. The van der Waals surface area contributed by atoms with Crippen LogP contribution in [0.25, 0.3) is 0 Å². The summed E-state index contributed by atoms with van der Waals surface area (Å²) in [4.78, 5) is 7.03. The first-order valence-corrected chi connectivity index (χ1v) is 7.69. The van der Waals surface area contributed by atoms with Gasteiger partial charge in [-0.05, 0) is 62.1 Å². The van der Waals surface area contributed by atoms with Gasteiger partial charge in [-0.25, -0.2) is 0 Å².